The van der Waals surface area contributed by atoms with E-state index in [1.807, 2.05) is 18.2 Å². The van der Waals surface area contributed by atoms with E-state index in [-0.39, 0.29) is 11.5 Å². The van der Waals surface area contributed by atoms with Crippen molar-refractivity contribution in [3.05, 3.63) is 34.3 Å². The number of fused-ring (bicyclic) bond motifs is 1. The average molecular weight is 211 g/mol. The molecule has 0 saturated carbocycles. The van der Waals surface area contributed by atoms with Crippen molar-refractivity contribution in [2.75, 3.05) is 0 Å². The average Bonchev–Trinajstić information content (AvgIpc) is 2.12. The Morgan fingerprint density at radius 3 is 2.86 bits per heavy atom. The van der Waals surface area contributed by atoms with Crippen molar-refractivity contribution < 1.29 is 5.11 Å². The molecular weight excluding hydrogens is 196 g/mol. The molecule has 0 fully saturated rings. The molecular formula is C12H15ClO. The molecule has 1 aliphatic carbocycles. The van der Waals surface area contributed by atoms with Crippen LogP contribution in [0.25, 0.3) is 0 Å². The van der Waals surface area contributed by atoms with E-state index in [4.69, 9.17) is 11.6 Å². The van der Waals surface area contributed by atoms with Crippen molar-refractivity contribution in [3.8, 4) is 0 Å². The van der Waals surface area contributed by atoms with Crippen LogP contribution in [0.2, 0.25) is 5.02 Å². The summed E-state index contributed by atoms with van der Waals surface area (Å²) in [7, 11) is 0. The molecule has 76 valence electrons. The summed E-state index contributed by atoms with van der Waals surface area (Å²) in [5.74, 6) is 0. The molecule has 1 atom stereocenters. The lowest BCUT2D eigenvalue weighted by Crippen LogP contribution is -2.26. The summed E-state index contributed by atoms with van der Waals surface area (Å²) in [4.78, 5) is 0. The van der Waals surface area contributed by atoms with Gasteiger partial charge in [-0.2, -0.15) is 0 Å². The molecule has 0 radical (unpaired) electrons. The van der Waals surface area contributed by atoms with Gasteiger partial charge in [-0.15, -0.1) is 0 Å². The Labute approximate surface area is 89.7 Å². The fourth-order valence-electron chi connectivity index (χ4n) is 2.21. The van der Waals surface area contributed by atoms with Crippen molar-refractivity contribution >= 4 is 11.6 Å². The Bertz CT molecular complexity index is 357. The van der Waals surface area contributed by atoms with E-state index in [1.165, 1.54) is 5.56 Å². The maximum absolute atomic E-state index is 9.86. The topological polar surface area (TPSA) is 20.2 Å². The first-order valence-corrected chi connectivity index (χ1v) is 5.36. The zero-order chi connectivity index (χ0) is 10.3. The largest absolute Gasteiger partial charge is 0.388 e. The smallest absolute Gasteiger partial charge is 0.0793 e. The second-order valence-corrected chi connectivity index (χ2v) is 5.11. The number of aliphatic hydroxyl groups is 1. The van der Waals surface area contributed by atoms with Gasteiger partial charge in [-0.05, 0) is 41.5 Å². The first-order chi connectivity index (χ1) is 6.50. The standard InChI is InChI=1S/C12H15ClO/c1-12(2)6-5-11(14)9-7-8(13)3-4-10(9)12/h3-4,7,11,14H,5-6H2,1-2H3. The Morgan fingerprint density at radius 1 is 1.43 bits per heavy atom. The molecule has 2 heteroatoms. The predicted molar refractivity (Wildman–Crippen MR) is 58.7 cm³/mol. The Kier molecular flexibility index (Phi) is 2.32. The van der Waals surface area contributed by atoms with E-state index in [0.717, 1.165) is 18.4 Å². The van der Waals surface area contributed by atoms with Gasteiger partial charge in [0.15, 0.2) is 0 Å². The minimum atomic E-state index is -0.336. The van der Waals surface area contributed by atoms with Crippen LogP contribution in [0.5, 0.6) is 0 Å². The highest BCUT2D eigenvalue weighted by atomic mass is 35.5. The van der Waals surface area contributed by atoms with Gasteiger partial charge in [0.25, 0.3) is 0 Å². The minimum absolute atomic E-state index is 0.166. The van der Waals surface area contributed by atoms with Gasteiger partial charge in [0.05, 0.1) is 6.10 Å². The molecule has 1 aromatic carbocycles. The van der Waals surface area contributed by atoms with Gasteiger partial charge < -0.3 is 5.11 Å². The van der Waals surface area contributed by atoms with E-state index < -0.39 is 0 Å². The summed E-state index contributed by atoms with van der Waals surface area (Å²) >= 11 is 5.92. The fourth-order valence-corrected chi connectivity index (χ4v) is 2.39. The van der Waals surface area contributed by atoms with E-state index in [1.54, 1.807) is 0 Å². The first kappa shape index (κ1) is 10.0. The normalized spacial score (nSPS) is 24.4. The highest BCUT2D eigenvalue weighted by Crippen LogP contribution is 2.42. The summed E-state index contributed by atoms with van der Waals surface area (Å²) in [5, 5.41) is 10.6. The lowest BCUT2D eigenvalue weighted by atomic mass is 9.72. The first-order valence-electron chi connectivity index (χ1n) is 4.99. The van der Waals surface area contributed by atoms with Crippen LogP contribution < -0.4 is 0 Å². The summed E-state index contributed by atoms with van der Waals surface area (Å²) in [6, 6.07) is 5.84. The molecule has 0 heterocycles. The summed E-state index contributed by atoms with van der Waals surface area (Å²) in [6.45, 7) is 4.43. The fraction of sp³-hybridized carbons (Fsp3) is 0.500. The van der Waals surface area contributed by atoms with Crippen molar-refractivity contribution in [1.29, 1.82) is 0 Å². The van der Waals surface area contributed by atoms with E-state index in [2.05, 4.69) is 13.8 Å². The lowest BCUT2D eigenvalue weighted by Gasteiger charge is -2.35. The molecule has 14 heavy (non-hydrogen) atoms. The van der Waals surface area contributed by atoms with E-state index in [0.29, 0.717) is 5.02 Å². The van der Waals surface area contributed by atoms with E-state index in [9.17, 15) is 5.11 Å². The highest BCUT2D eigenvalue weighted by molar-refractivity contribution is 6.30. The maximum Gasteiger partial charge on any atom is 0.0793 e. The van der Waals surface area contributed by atoms with Crippen molar-refractivity contribution in [2.24, 2.45) is 0 Å². The molecule has 1 aromatic rings. The van der Waals surface area contributed by atoms with Crippen molar-refractivity contribution in [1.82, 2.24) is 0 Å². The summed E-state index contributed by atoms with van der Waals surface area (Å²) < 4.78 is 0. The van der Waals surface area contributed by atoms with Crippen LogP contribution in [0.4, 0.5) is 0 Å². The second-order valence-electron chi connectivity index (χ2n) is 4.67. The van der Waals surface area contributed by atoms with Gasteiger partial charge >= 0.3 is 0 Å². The SMILES string of the molecule is CC1(C)CCC(O)c2cc(Cl)ccc21. The molecule has 1 N–H and O–H groups in total. The van der Waals surface area contributed by atoms with Crippen molar-refractivity contribution in [2.45, 2.75) is 38.2 Å². The van der Waals surface area contributed by atoms with Crippen LogP contribution in [0.15, 0.2) is 18.2 Å². The molecule has 0 saturated heterocycles. The molecule has 1 nitrogen and oxygen atoms in total. The van der Waals surface area contributed by atoms with Crippen LogP contribution in [0, 0.1) is 0 Å². The molecule has 0 aliphatic heterocycles. The summed E-state index contributed by atoms with van der Waals surface area (Å²) in [5.41, 5.74) is 2.41. The minimum Gasteiger partial charge on any atom is -0.388 e. The van der Waals surface area contributed by atoms with Crippen LogP contribution >= 0.6 is 11.6 Å². The molecule has 0 bridgehead atoms. The van der Waals surface area contributed by atoms with E-state index >= 15 is 0 Å². The zero-order valence-corrected chi connectivity index (χ0v) is 9.30. The van der Waals surface area contributed by atoms with Crippen LogP contribution in [-0.4, -0.2) is 5.11 Å². The van der Waals surface area contributed by atoms with Gasteiger partial charge in [0.2, 0.25) is 0 Å². The number of aliphatic hydroxyl groups excluding tert-OH is 1. The molecule has 1 unspecified atom stereocenters. The van der Waals surface area contributed by atoms with Crippen LogP contribution in [0.3, 0.4) is 0 Å². The molecule has 0 amide bonds. The number of hydrogen-bond donors (Lipinski definition) is 1. The monoisotopic (exact) mass is 210 g/mol. The van der Waals surface area contributed by atoms with Gasteiger partial charge in [0, 0.05) is 5.02 Å². The second kappa shape index (κ2) is 3.25. The van der Waals surface area contributed by atoms with Gasteiger partial charge in [0.1, 0.15) is 0 Å². The van der Waals surface area contributed by atoms with Gasteiger partial charge in [-0.1, -0.05) is 31.5 Å². The van der Waals surface area contributed by atoms with Crippen molar-refractivity contribution in [3.63, 3.8) is 0 Å². The molecule has 0 aromatic heterocycles. The number of hydrogen-bond acceptors (Lipinski definition) is 1. The van der Waals surface area contributed by atoms with Crippen LogP contribution in [0.1, 0.15) is 43.9 Å². The van der Waals surface area contributed by atoms with Gasteiger partial charge in [-0.25, -0.2) is 0 Å². The molecule has 2 rings (SSSR count). The number of halogens is 1. The number of benzene rings is 1. The third-order valence-electron chi connectivity index (χ3n) is 3.14. The molecule has 0 spiro atoms. The Hall–Kier alpha value is -0.530. The third kappa shape index (κ3) is 1.55. The Balaban J connectivity index is 2.57. The highest BCUT2D eigenvalue weighted by Gasteiger charge is 2.31. The third-order valence-corrected chi connectivity index (χ3v) is 3.38. The van der Waals surface area contributed by atoms with Gasteiger partial charge in [-0.3, -0.25) is 0 Å². The zero-order valence-electron chi connectivity index (χ0n) is 8.55. The quantitative estimate of drug-likeness (QED) is 0.696. The van der Waals surface area contributed by atoms with Crippen LogP contribution in [-0.2, 0) is 5.41 Å². The molecule has 1 aliphatic rings. The summed E-state index contributed by atoms with van der Waals surface area (Å²) in [6.07, 6.45) is 1.53. The Morgan fingerprint density at radius 2 is 2.14 bits per heavy atom. The predicted octanol–water partition coefficient (Wildman–Crippen LogP) is 3.44. The lowest BCUT2D eigenvalue weighted by molar-refractivity contribution is 0.139. The maximum atomic E-state index is 9.86. The number of rotatable bonds is 0.